The molecular weight excluding hydrogens is 394 g/mol. The van der Waals surface area contributed by atoms with Crippen molar-refractivity contribution >= 4 is 17.6 Å². The van der Waals surface area contributed by atoms with Gasteiger partial charge in [-0.15, -0.1) is 0 Å². The lowest BCUT2D eigenvalue weighted by Crippen LogP contribution is -2.21. The van der Waals surface area contributed by atoms with Crippen LogP contribution in [-0.4, -0.2) is 23.3 Å². The van der Waals surface area contributed by atoms with Gasteiger partial charge >= 0.3 is 5.97 Å². The molecule has 0 aliphatic heterocycles. The summed E-state index contributed by atoms with van der Waals surface area (Å²) in [6.07, 6.45) is 2.02. The summed E-state index contributed by atoms with van der Waals surface area (Å²) in [5.74, 6) is -0.0112. The second-order valence-electron chi connectivity index (χ2n) is 5.85. The smallest absolute Gasteiger partial charge is 0.351 e. The zero-order valence-electron chi connectivity index (χ0n) is 15.4. The van der Waals surface area contributed by atoms with Gasteiger partial charge in [0.1, 0.15) is 24.2 Å². The van der Waals surface area contributed by atoms with Gasteiger partial charge in [-0.25, -0.2) is 4.79 Å². The zero-order chi connectivity index (χ0) is 20.6. The summed E-state index contributed by atoms with van der Waals surface area (Å²) in [5.41, 5.74) is 1.50. The molecule has 0 aliphatic rings. The van der Waals surface area contributed by atoms with Crippen molar-refractivity contribution in [3.63, 3.8) is 0 Å². The number of carbonyl (C=O) groups excluding carboxylic acids is 1. The maximum Gasteiger partial charge on any atom is 0.351 e. The fourth-order valence-electron chi connectivity index (χ4n) is 2.51. The Morgan fingerprint density at radius 3 is 2.72 bits per heavy atom. The number of hydrogen-bond acceptors (Lipinski definition) is 7. The lowest BCUT2D eigenvalue weighted by Gasteiger charge is -2.19. The van der Waals surface area contributed by atoms with Gasteiger partial charge in [0.15, 0.2) is 0 Å². The van der Waals surface area contributed by atoms with E-state index < -0.39 is 12.1 Å². The molecule has 146 valence electrons. The molecule has 0 amide bonds. The summed E-state index contributed by atoms with van der Waals surface area (Å²) >= 11 is 6.22. The molecule has 0 aliphatic carbocycles. The first kappa shape index (κ1) is 20.1. The number of nitrogens with zero attached hydrogens (tertiary/aromatic N) is 3. The molecule has 2 aromatic carbocycles. The fraction of sp³-hybridized carbons (Fsp3) is 0.143. The van der Waals surface area contributed by atoms with Gasteiger partial charge in [0, 0.05) is 28.4 Å². The molecular formula is C21H16ClN3O4. The molecule has 7 nitrogen and oxygen atoms in total. The Kier molecular flexibility index (Phi) is 6.61. The van der Waals surface area contributed by atoms with Crippen LogP contribution in [0.4, 0.5) is 0 Å². The number of nitriles is 1. The van der Waals surface area contributed by atoms with E-state index in [1.807, 2.05) is 6.07 Å². The van der Waals surface area contributed by atoms with Gasteiger partial charge < -0.3 is 14.2 Å². The summed E-state index contributed by atoms with van der Waals surface area (Å²) in [6, 6.07) is 15.3. The van der Waals surface area contributed by atoms with Gasteiger partial charge in [-0.3, -0.25) is 0 Å². The number of hydrogen-bond donors (Lipinski definition) is 0. The minimum atomic E-state index is -1.14. The van der Waals surface area contributed by atoms with Crippen molar-refractivity contribution in [2.24, 2.45) is 0 Å². The SMILES string of the molecule is COC(=O)C(Oc1cc(OCc2ccnnc2)ccc1C#N)c1ccccc1Cl. The summed E-state index contributed by atoms with van der Waals surface area (Å²) < 4.78 is 16.4. The van der Waals surface area contributed by atoms with Gasteiger partial charge in [-0.05, 0) is 24.3 Å². The third-order valence-corrected chi connectivity index (χ3v) is 4.32. The minimum absolute atomic E-state index is 0.174. The number of aromatic nitrogens is 2. The number of methoxy groups -OCH3 is 1. The second-order valence-corrected chi connectivity index (χ2v) is 6.26. The average Bonchev–Trinajstić information content (AvgIpc) is 2.77. The highest BCUT2D eigenvalue weighted by atomic mass is 35.5. The van der Waals surface area contributed by atoms with Crippen molar-refractivity contribution in [3.05, 3.63) is 82.6 Å². The normalized spacial score (nSPS) is 11.2. The fourth-order valence-corrected chi connectivity index (χ4v) is 2.75. The Morgan fingerprint density at radius 2 is 2.03 bits per heavy atom. The number of ether oxygens (including phenoxy) is 3. The van der Waals surface area contributed by atoms with Crippen LogP contribution in [0.2, 0.25) is 5.02 Å². The maximum absolute atomic E-state index is 12.3. The van der Waals surface area contributed by atoms with E-state index in [1.54, 1.807) is 60.9 Å². The summed E-state index contributed by atoms with van der Waals surface area (Å²) in [5, 5.41) is 17.3. The highest BCUT2D eigenvalue weighted by molar-refractivity contribution is 6.31. The molecule has 0 saturated carbocycles. The molecule has 8 heteroatoms. The predicted octanol–water partition coefficient (Wildman–Crippen LogP) is 3.87. The number of benzene rings is 2. The highest BCUT2D eigenvalue weighted by Gasteiger charge is 2.27. The van der Waals surface area contributed by atoms with Crippen LogP contribution in [0, 0.1) is 11.3 Å². The summed E-state index contributed by atoms with van der Waals surface area (Å²) in [4.78, 5) is 12.3. The number of carbonyl (C=O) groups is 1. The molecule has 0 spiro atoms. The summed E-state index contributed by atoms with van der Waals surface area (Å²) in [7, 11) is 1.25. The van der Waals surface area contributed by atoms with Crippen LogP contribution >= 0.6 is 11.6 Å². The Labute approximate surface area is 172 Å². The van der Waals surface area contributed by atoms with E-state index in [0.717, 1.165) is 5.56 Å². The molecule has 0 radical (unpaired) electrons. The van der Waals surface area contributed by atoms with Gasteiger partial charge in [0.2, 0.25) is 6.10 Å². The van der Waals surface area contributed by atoms with E-state index >= 15 is 0 Å². The third kappa shape index (κ3) is 5.00. The van der Waals surface area contributed by atoms with Gasteiger partial charge in [0.05, 0.1) is 18.9 Å². The topological polar surface area (TPSA) is 94.3 Å². The molecule has 1 atom stereocenters. The van der Waals surface area contributed by atoms with E-state index in [0.29, 0.717) is 16.3 Å². The highest BCUT2D eigenvalue weighted by Crippen LogP contribution is 2.32. The van der Waals surface area contributed by atoms with Crippen LogP contribution in [0.5, 0.6) is 11.5 Å². The number of rotatable bonds is 7. The van der Waals surface area contributed by atoms with Gasteiger partial charge in [-0.2, -0.15) is 15.5 Å². The van der Waals surface area contributed by atoms with Crippen molar-refractivity contribution in [2.45, 2.75) is 12.7 Å². The van der Waals surface area contributed by atoms with Crippen molar-refractivity contribution in [2.75, 3.05) is 7.11 Å². The van der Waals surface area contributed by atoms with Crippen LogP contribution in [0.3, 0.4) is 0 Å². The van der Waals surface area contributed by atoms with E-state index in [2.05, 4.69) is 10.2 Å². The largest absolute Gasteiger partial charge is 0.489 e. The Balaban J connectivity index is 1.88. The van der Waals surface area contributed by atoms with E-state index in [-0.39, 0.29) is 17.9 Å². The third-order valence-electron chi connectivity index (χ3n) is 3.97. The first-order valence-corrected chi connectivity index (χ1v) is 8.91. The molecule has 0 bridgehead atoms. The van der Waals surface area contributed by atoms with Gasteiger partial charge in [-0.1, -0.05) is 29.8 Å². The minimum Gasteiger partial charge on any atom is -0.489 e. The number of halogens is 1. The zero-order valence-corrected chi connectivity index (χ0v) is 16.2. The quantitative estimate of drug-likeness (QED) is 0.546. The second kappa shape index (κ2) is 9.53. The van der Waals surface area contributed by atoms with Crippen molar-refractivity contribution in [1.29, 1.82) is 5.26 Å². The lowest BCUT2D eigenvalue weighted by atomic mass is 10.1. The molecule has 29 heavy (non-hydrogen) atoms. The molecule has 0 N–H and O–H groups in total. The molecule has 3 rings (SSSR count). The molecule has 1 unspecified atom stereocenters. The molecule has 1 aromatic heterocycles. The monoisotopic (exact) mass is 409 g/mol. The van der Waals surface area contributed by atoms with Crippen LogP contribution in [0.15, 0.2) is 60.9 Å². The van der Waals surface area contributed by atoms with Crippen LogP contribution in [-0.2, 0) is 16.1 Å². The lowest BCUT2D eigenvalue weighted by molar-refractivity contribution is -0.149. The standard InChI is InChI=1S/C21H16ClN3O4/c1-27-21(26)20(17-4-2-3-5-18(17)22)29-19-10-16(7-6-15(19)11-23)28-13-14-8-9-24-25-12-14/h2-10,12,20H,13H2,1H3. The van der Waals surface area contributed by atoms with Crippen molar-refractivity contribution < 1.29 is 19.0 Å². The predicted molar refractivity (Wildman–Crippen MR) is 104 cm³/mol. The molecule has 0 saturated heterocycles. The first-order valence-electron chi connectivity index (χ1n) is 8.54. The van der Waals surface area contributed by atoms with Crippen molar-refractivity contribution in [3.8, 4) is 17.6 Å². The maximum atomic E-state index is 12.3. The van der Waals surface area contributed by atoms with Crippen molar-refractivity contribution in [1.82, 2.24) is 10.2 Å². The van der Waals surface area contributed by atoms with E-state index in [9.17, 15) is 10.1 Å². The summed E-state index contributed by atoms with van der Waals surface area (Å²) in [6.45, 7) is 0.256. The Morgan fingerprint density at radius 1 is 1.21 bits per heavy atom. The molecule has 3 aromatic rings. The van der Waals surface area contributed by atoms with Crippen LogP contribution in [0.25, 0.3) is 0 Å². The number of esters is 1. The molecule has 0 fully saturated rings. The van der Waals surface area contributed by atoms with Crippen LogP contribution < -0.4 is 9.47 Å². The van der Waals surface area contributed by atoms with Crippen LogP contribution in [0.1, 0.15) is 22.8 Å². The van der Waals surface area contributed by atoms with E-state index in [1.165, 1.54) is 7.11 Å². The van der Waals surface area contributed by atoms with Gasteiger partial charge in [0.25, 0.3) is 0 Å². The first-order chi connectivity index (χ1) is 14.1. The Hall–Kier alpha value is -3.63. The Bertz CT molecular complexity index is 1040. The molecule has 1 heterocycles. The van der Waals surface area contributed by atoms with E-state index in [4.69, 9.17) is 25.8 Å². The average molecular weight is 410 g/mol.